The molecule has 0 unspecified atom stereocenters. The first-order chi connectivity index (χ1) is 13.8. The highest BCUT2D eigenvalue weighted by Gasteiger charge is 2.06. The molecule has 0 fully saturated rings. The van der Waals surface area contributed by atoms with Gasteiger partial charge in [0.05, 0.1) is 4.90 Å². The third-order valence-electron chi connectivity index (χ3n) is 5.22. The predicted molar refractivity (Wildman–Crippen MR) is 123 cm³/mol. The molecule has 4 nitrogen and oxygen atoms in total. The van der Waals surface area contributed by atoms with Crippen molar-refractivity contribution >= 4 is 10.1 Å². The Balaban J connectivity index is 0.000000604. The molecule has 1 aromatic carbocycles. The lowest BCUT2D eigenvalue weighted by Gasteiger charge is -2.09. The van der Waals surface area contributed by atoms with Crippen molar-refractivity contribution in [3.63, 3.8) is 0 Å². The van der Waals surface area contributed by atoms with E-state index in [2.05, 4.69) is 13.8 Å². The van der Waals surface area contributed by atoms with Gasteiger partial charge in [-0.05, 0) is 37.8 Å². The van der Waals surface area contributed by atoms with E-state index in [4.69, 9.17) is 9.66 Å². The van der Waals surface area contributed by atoms with Crippen molar-refractivity contribution in [2.45, 2.75) is 109 Å². The summed E-state index contributed by atoms with van der Waals surface area (Å²) >= 11 is 0. The number of aliphatic hydroxyl groups is 1. The molecule has 1 atom stereocenters. The number of benzene rings is 1. The molecular formula is C24H44O4S. The van der Waals surface area contributed by atoms with E-state index in [0.717, 1.165) is 17.9 Å². The normalized spacial score (nSPS) is 12.3. The molecule has 0 heterocycles. The smallest absolute Gasteiger partial charge is 0.294 e. The summed E-state index contributed by atoms with van der Waals surface area (Å²) in [4.78, 5) is -0.0666. The lowest BCUT2D eigenvalue weighted by Crippen LogP contribution is -1.96. The quantitative estimate of drug-likeness (QED) is 0.234. The highest BCUT2D eigenvalue weighted by molar-refractivity contribution is 7.85. The Kier molecular flexibility index (Phi) is 17.3. The van der Waals surface area contributed by atoms with Crippen LogP contribution in [0.3, 0.4) is 0 Å². The lowest BCUT2D eigenvalue weighted by atomic mass is 9.97. The standard InChI is InChI=1S/C17H36O.C7H8O3S/c1-3-4-5-6-7-8-9-10-11-12-14-17(2)15-13-16-18;1-6-2-4-7(5-3-6)11(8,9)10/h17-18H,3-16H2,1-2H3;2-5H,1H3,(H,8,9,10)/t17-;/m1./s1. The second kappa shape index (κ2) is 17.9. The number of aryl methyl sites for hydroxylation is 1. The average molecular weight is 429 g/mol. The van der Waals surface area contributed by atoms with Gasteiger partial charge < -0.3 is 5.11 Å². The van der Waals surface area contributed by atoms with Crippen molar-refractivity contribution < 1.29 is 18.1 Å². The fraction of sp³-hybridized carbons (Fsp3) is 0.750. The molecule has 0 bridgehead atoms. The Morgan fingerprint density at radius 2 is 1.24 bits per heavy atom. The van der Waals surface area contributed by atoms with E-state index >= 15 is 0 Å². The summed E-state index contributed by atoms with van der Waals surface area (Å²) in [5, 5.41) is 8.76. The zero-order chi connectivity index (χ0) is 22.0. The van der Waals surface area contributed by atoms with Crippen molar-refractivity contribution in [2.24, 2.45) is 5.92 Å². The number of hydrogen-bond donors (Lipinski definition) is 2. The van der Waals surface area contributed by atoms with Gasteiger partial charge in [-0.25, -0.2) is 0 Å². The highest BCUT2D eigenvalue weighted by Crippen LogP contribution is 2.16. The van der Waals surface area contributed by atoms with Crippen LogP contribution in [0.25, 0.3) is 0 Å². The van der Waals surface area contributed by atoms with Crippen LogP contribution < -0.4 is 0 Å². The van der Waals surface area contributed by atoms with Crippen molar-refractivity contribution in [2.75, 3.05) is 6.61 Å². The van der Waals surface area contributed by atoms with Gasteiger partial charge in [0.15, 0.2) is 0 Å². The first-order valence-electron chi connectivity index (χ1n) is 11.5. The summed E-state index contributed by atoms with van der Waals surface area (Å²) in [6.45, 7) is 6.81. The van der Waals surface area contributed by atoms with Crippen LogP contribution in [0, 0.1) is 12.8 Å². The molecular weight excluding hydrogens is 384 g/mol. The first kappa shape index (κ1) is 28.1. The van der Waals surface area contributed by atoms with Gasteiger partial charge in [0, 0.05) is 6.61 Å². The van der Waals surface area contributed by atoms with Crippen LogP contribution in [0.15, 0.2) is 29.2 Å². The lowest BCUT2D eigenvalue weighted by molar-refractivity contribution is 0.270. The van der Waals surface area contributed by atoms with Crippen molar-refractivity contribution in [3.8, 4) is 0 Å². The summed E-state index contributed by atoms with van der Waals surface area (Å²) in [5.41, 5.74) is 0.956. The Labute approximate surface area is 179 Å². The van der Waals surface area contributed by atoms with Crippen molar-refractivity contribution in [3.05, 3.63) is 29.8 Å². The molecule has 0 aliphatic carbocycles. The maximum absolute atomic E-state index is 10.5. The third kappa shape index (κ3) is 17.6. The second-order valence-corrected chi connectivity index (χ2v) is 9.65. The summed E-state index contributed by atoms with van der Waals surface area (Å²) in [5.74, 6) is 0.811. The topological polar surface area (TPSA) is 74.6 Å². The molecule has 0 aromatic heterocycles. The zero-order valence-electron chi connectivity index (χ0n) is 18.9. The van der Waals surface area contributed by atoms with E-state index in [-0.39, 0.29) is 4.90 Å². The maximum Gasteiger partial charge on any atom is 0.294 e. The number of hydrogen-bond acceptors (Lipinski definition) is 3. The van der Waals surface area contributed by atoms with Gasteiger partial charge in [0.1, 0.15) is 0 Å². The Bertz CT molecular complexity index is 581. The van der Waals surface area contributed by atoms with Crippen LogP contribution in [0.5, 0.6) is 0 Å². The maximum atomic E-state index is 10.5. The molecule has 0 saturated carbocycles. The fourth-order valence-electron chi connectivity index (χ4n) is 3.27. The van der Waals surface area contributed by atoms with E-state index in [1.165, 1.54) is 89.2 Å². The van der Waals surface area contributed by atoms with Gasteiger partial charge in [0.2, 0.25) is 0 Å². The van der Waals surface area contributed by atoms with Crippen LogP contribution in [0.1, 0.15) is 103 Å². The monoisotopic (exact) mass is 428 g/mol. The molecule has 0 aliphatic rings. The average Bonchev–Trinajstić information content (AvgIpc) is 2.68. The van der Waals surface area contributed by atoms with E-state index in [9.17, 15) is 8.42 Å². The van der Waals surface area contributed by atoms with Gasteiger partial charge in [-0.3, -0.25) is 4.55 Å². The number of aliphatic hydroxyl groups excluding tert-OH is 1. The molecule has 0 amide bonds. The van der Waals surface area contributed by atoms with Crippen LogP contribution in [0.4, 0.5) is 0 Å². The molecule has 1 aromatic rings. The van der Waals surface area contributed by atoms with Crippen molar-refractivity contribution in [1.82, 2.24) is 0 Å². The first-order valence-corrected chi connectivity index (χ1v) is 12.9. The summed E-state index contributed by atoms with van der Waals surface area (Å²) in [6.07, 6.45) is 17.8. The molecule has 0 aliphatic heterocycles. The Morgan fingerprint density at radius 1 is 0.793 bits per heavy atom. The fourth-order valence-corrected chi connectivity index (χ4v) is 3.75. The van der Waals surface area contributed by atoms with Crippen LogP contribution in [0.2, 0.25) is 0 Å². The molecule has 1 rings (SSSR count). The minimum absolute atomic E-state index is 0.0666. The SMILES string of the molecule is CCCCCCCCCCCC[C@@H](C)CCCO.Cc1ccc(S(=O)(=O)O)cc1. The predicted octanol–water partition coefficient (Wildman–Crippen LogP) is 6.95. The molecule has 170 valence electrons. The van der Waals surface area contributed by atoms with Crippen molar-refractivity contribution in [1.29, 1.82) is 0 Å². The second-order valence-electron chi connectivity index (χ2n) is 8.23. The Hall–Kier alpha value is -0.910. The minimum Gasteiger partial charge on any atom is -0.396 e. The van der Waals surface area contributed by atoms with Gasteiger partial charge in [-0.15, -0.1) is 0 Å². The molecule has 2 N–H and O–H groups in total. The zero-order valence-corrected chi connectivity index (χ0v) is 19.7. The molecule has 0 saturated heterocycles. The van der Waals surface area contributed by atoms with E-state index in [0.29, 0.717) is 6.61 Å². The summed E-state index contributed by atoms with van der Waals surface area (Å²) in [6, 6.07) is 5.99. The van der Waals surface area contributed by atoms with Gasteiger partial charge in [0.25, 0.3) is 10.1 Å². The van der Waals surface area contributed by atoms with Gasteiger partial charge >= 0.3 is 0 Å². The van der Waals surface area contributed by atoms with Gasteiger partial charge in [-0.2, -0.15) is 8.42 Å². The van der Waals surface area contributed by atoms with Gasteiger partial charge in [-0.1, -0.05) is 102 Å². The largest absolute Gasteiger partial charge is 0.396 e. The summed E-state index contributed by atoms with van der Waals surface area (Å²) < 4.78 is 29.6. The van der Waals surface area contributed by atoms with Crippen LogP contribution >= 0.6 is 0 Å². The molecule has 29 heavy (non-hydrogen) atoms. The minimum atomic E-state index is -4.02. The number of rotatable bonds is 15. The molecule has 0 spiro atoms. The van der Waals surface area contributed by atoms with E-state index < -0.39 is 10.1 Å². The van der Waals surface area contributed by atoms with Crippen LogP contribution in [-0.4, -0.2) is 24.7 Å². The van der Waals surface area contributed by atoms with Crippen LogP contribution in [-0.2, 0) is 10.1 Å². The highest BCUT2D eigenvalue weighted by atomic mass is 32.2. The Morgan fingerprint density at radius 3 is 1.69 bits per heavy atom. The number of unbranched alkanes of at least 4 members (excludes halogenated alkanes) is 9. The van der Waals surface area contributed by atoms with E-state index in [1.807, 2.05) is 6.92 Å². The summed E-state index contributed by atoms with van der Waals surface area (Å²) in [7, 11) is -4.02. The van der Waals surface area contributed by atoms with E-state index in [1.54, 1.807) is 12.1 Å². The molecule has 0 radical (unpaired) electrons. The molecule has 5 heteroatoms. The third-order valence-corrected chi connectivity index (χ3v) is 6.09.